The van der Waals surface area contributed by atoms with E-state index in [1.54, 1.807) is 0 Å². The minimum absolute atomic E-state index is 0.0327. The van der Waals surface area contributed by atoms with E-state index in [9.17, 15) is 13.2 Å². The fraction of sp³-hybridized carbons (Fsp3) is 0.929. The molecule has 1 N–H and O–H groups in total. The molecule has 0 amide bonds. The lowest BCUT2D eigenvalue weighted by molar-refractivity contribution is -0.128. The minimum Gasteiger partial charge on any atom is -0.299 e. The normalized spacial score (nSPS) is 33.3. The van der Waals surface area contributed by atoms with Crippen molar-refractivity contribution in [3.8, 4) is 0 Å². The molecule has 19 heavy (non-hydrogen) atoms. The summed E-state index contributed by atoms with van der Waals surface area (Å²) >= 11 is 0. The molecule has 0 aliphatic heterocycles. The van der Waals surface area contributed by atoms with Gasteiger partial charge >= 0.3 is 0 Å². The Balaban J connectivity index is 2.20. The van der Waals surface area contributed by atoms with E-state index in [1.165, 1.54) is 0 Å². The third kappa shape index (κ3) is 2.35. The van der Waals surface area contributed by atoms with E-state index in [1.807, 2.05) is 13.8 Å². The highest BCUT2D eigenvalue weighted by atomic mass is 32.2. The number of ketones is 1. The number of carbonyl (C=O) groups is 1. The van der Waals surface area contributed by atoms with Crippen LogP contribution < -0.4 is 4.72 Å². The molecule has 2 saturated carbocycles. The van der Waals surface area contributed by atoms with Crippen LogP contribution in [0.3, 0.4) is 0 Å². The summed E-state index contributed by atoms with van der Waals surface area (Å²) in [5.41, 5.74) is -0.836. The van der Waals surface area contributed by atoms with Crippen LogP contribution in [0.1, 0.15) is 47.0 Å². The summed E-state index contributed by atoms with van der Waals surface area (Å²) in [4.78, 5) is 12.3. The van der Waals surface area contributed by atoms with Gasteiger partial charge in [-0.1, -0.05) is 27.7 Å². The Hall–Kier alpha value is -0.420. The van der Waals surface area contributed by atoms with E-state index in [0.29, 0.717) is 18.9 Å². The lowest BCUT2D eigenvalue weighted by Gasteiger charge is -2.36. The van der Waals surface area contributed by atoms with Crippen LogP contribution in [-0.2, 0) is 14.8 Å². The number of hydrogen-bond donors (Lipinski definition) is 1. The monoisotopic (exact) mass is 287 g/mol. The van der Waals surface area contributed by atoms with Gasteiger partial charge in [0.25, 0.3) is 0 Å². The molecule has 0 spiro atoms. The summed E-state index contributed by atoms with van der Waals surface area (Å²) in [6.45, 7) is 8.51. The smallest absolute Gasteiger partial charge is 0.212 e. The number of rotatable bonds is 5. The topological polar surface area (TPSA) is 63.2 Å². The predicted octanol–water partition coefficient (Wildman–Crippen LogP) is 1.96. The molecule has 2 rings (SSSR count). The average Bonchev–Trinajstić information content (AvgIpc) is 2.60. The van der Waals surface area contributed by atoms with Crippen LogP contribution in [0, 0.1) is 22.7 Å². The van der Waals surface area contributed by atoms with Crippen LogP contribution in [-0.4, -0.2) is 26.5 Å². The van der Waals surface area contributed by atoms with Gasteiger partial charge in [-0.15, -0.1) is 0 Å². The van der Waals surface area contributed by atoms with Crippen molar-refractivity contribution in [1.82, 2.24) is 4.72 Å². The van der Waals surface area contributed by atoms with Gasteiger partial charge in [0, 0.05) is 18.4 Å². The van der Waals surface area contributed by atoms with Gasteiger partial charge in [-0.2, -0.15) is 0 Å². The first-order chi connectivity index (χ1) is 8.61. The fourth-order valence-electron chi connectivity index (χ4n) is 3.78. The van der Waals surface area contributed by atoms with Gasteiger partial charge in [0.1, 0.15) is 5.78 Å². The van der Waals surface area contributed by atoms with Crippen LogP contribution in [0.5, 0.6) is 0 Å². The van der Waals surface area contributed by atoms with E-state index >= 15 is 0 Å². The number of nitrogens with one attached hydrogen (secondary N) is 1. The molecule has 110 valence electrons. The zero-order valence-corrected chi connectivity index (χ0v) is 13.1. The molecule has 0 unspecified atom stereocenters. The third-order valence-electron chi connectivity index (χ3n) is 5.29. The molecular weight excluding hydrogens is 262 g/mol. The molecule has 0 heterocycles. The average molecular weight is 287 g/mol. The van der Waals surface area contributed by atoms with Crippen molar-refractivity contribution in [2.24, 2.45) is 22.7 Å². The third-order valence-corrected chi connectivity index (χ3v) is 6.77. The summed E-state index contributed by atoms with van der Waals surface area (Å²) in [6, 6.07) is 0. The largest absolute Gasteiger partial charge is 0.299 e. The van der Waals surface area contributed by atoms with E-state index < -0.39 is 15.4 Å². The molecular formula is C14H25NO3S. The van der Waals surface area contributed by atoms with Gasteiger partial charge in [-0.05, 0) is 30.1 Å². The molecule has 0 radical (unpaired) electrons. The molecule has 0 saturated heterocycles. The van der Waals surface area contributed by atoms with Crippen molar-refractivity contribution in [2.75, 3.05) is 12.3 Å². The first-order valence-corrected chi connectivity index (χ1v) is 8.76. The molecule has 4 nitrogen and oxygen atoms in total. The van der Waals surface area contributed by atoms with Crippen molar-refractivity contribution in [2.45, 2.75) is 47.0 Å². The SMILES string of the molecule is CC(C)CNS(=O)(=O)C[C@]12CC[C@H](CC1=O)C2(C)C. The minimum atomic E-state index is -3.38. The van der Waals surface area contributed by atoms with Gasteiger partial charge < -0.3 is 0 Å². The molecule has 0 aromatic carbocycles. The van der Waals surface area contributed by atoms with Crippen molar-refractivity contribution in [3.63, 3.8) is 0 Å². The Kier molecular flexibility index (Phi) is 3.59. The van der Waals surface area contributed by atoms with E-state index in [0.717, 1.165) is 12.8 Å². The van der Waals surface area contributed by atoms with Crippen LogP contribution in [0.2, 0.25) is 0 Å². The molecule has 2 aliphatic rings. The van der Waals surface area contributed by atoms with Gasteiger partial charge in [-0.25, -0.2) is 13.1 Å². The number of fused-ring (bicyclic) bond motifs is 2. The Bertz CT molecular complexity index is 481. The molecule has 2 atom stereocenters. The first kappa shape index (κ1) is 15.0. The highest BCUT2D eigenvalue weighted by Gasteiger charge is 2.65. The maximum atomic E-state index is 12.3. The molecule has 0 aromatic heterocycles. The zero-order chi connectivity index (χ0) is 14.5. The van der Waals surface area contributed by atoms with Gasteiger partial charge in [-0.3, -0.25) is 4.79 Å². The maximum Gasteiger partial charge on any atom is 0.212 e. The number of hydrogen-bond acceptors (Lipinski definition) is 3. The van der Waals surface area contributed by atoms with Crippen LogP contribution in [0.4, 0.5) is 0 Å². The second kappa shape index (κ2) is 4.55. The highest BCUT2D eigenvalue weighted by Crippen LogP contribution is 2.64. The Labute approximate surface area is 116 Å². The summed E-state index contributed by atoms with van der Waals surface area (Å²) in [7, 11) is -3.38. The van der Waals surface area contributed by atoms with Crippen molar-refractivity contribution >= 4 is 15.8 Å². The van der Waals surface area contributed by atoms with Gasteiger partial charge in [0.15, 0.2) is 0 Å². The maximum absolute atomic E-state index is 12.3. The van der Waals surface area contributed by atoms with Crippen molar-refractivity contribution < 1.29 is 13.2 Å². The lowest BCUT2D eigenvalue weighted by Crippen LogP contribution is -2.45. The molecule has 2 aliphatic carbocycles. The predicted molar refractivity (Wildman–Crippen MR) is 75.2 cm³/mol. The number of Topliss-reactive ketones (excluding diaryl/α,β-unsaturated/α-hetero) is 1. The fourth-order valence-corrected chi connectivity index (χ4v) is 5.79. The second-order valence-corrected chi connectivity index (χ2v) is 8.97. The summed E-state index contributed by atoms with van der Waals surface area (Å²) in [5, 5.41) is 0. The lowest BCUT2D eigenvalue weighted by atomic mass is 9.70. The van der Waals surface area contributed by atoms with E-state index in [4.69, 9.17) is 0 Å². The van der Waals surface area contributed by atoms with Gasteiger partial charge in [0.05, 0.1) is 5.75 Å². The standard InChI is InChI=1S/C14H25NO3S/c1-10(2)8-15-19(17,18)9-14-6-5-11(7-12(14)16)13(14,3)4/h10-11,15H,5-9H2,1-4H3/t11-,14-/m1/s1. The first-order valence-electron chi connectivity index (χ1n) is 7.11. The van der Waals surface area contributed by atoms with Crippen LogP contribution in [0.15, 0.2) is 0 Å². The molecule has 2 fully saturated rings. The molecule has 0 aromatic rings. The van der Waals surface area contributed by atoms with Gasteiger partial charge in [0.2, 0.25) is 10.0 Å². The summed E-state index contributed by atoms with van der Waals surface area (Å²) < 4.78 is 27.1. The molecule has 2 bridgehead atoms. The summed E-state index contributed by atoms with van der Waals surface area (Å²) in [6.07, 6.45) is 2.28. The zero-order valence-electron chi connectivity index (χ0n) is 12.3. The second-order valence-electron chi connectivity index (χ2n) is 7.17. The number of carbonyl (C=O) groups excluding carboxylic acids is 1. The van der Waals surface area contributed by atoms with Crippen LogP contribution >= 0.6 is 0 Å². The highest BCUT2D eigenvalue weighted by molar-refractivity contribution is 7.89. The Morgan fingerprint density at radius 1 is 1.37 bits per heavy atom. The molecule has 5 heteroatoms. The van der Waals surface area contributed by atoms with E-state index in [-0.39, 0.29) is 22.9 Å². The summed E-state index contributed by atoms with van der Waals surface area (Å²) in [5.74, 6) is 0.759. The Morgan fingerprint density at radius 2 is 2.00 bits per heavy atom. The Morgan fingerprint density at radius 3 is 2.42 bits per heavy atom. The van der Waals surface area contributed by atoms with Crippen LogP contribution in [0.25, 0.3) is 0 Å². The number of sulfonamides is 1. The quantitative estimate of drug-likeness (QED) is 0.840. The van der Waals surface area contributed by atoms with Crippen molar-refractivity contribution in [3.05, 3.63) is 0 Å². The van der Waals surface area contributed by atoms with Crippen molar-refractivity contribution in [1.29, 1.82) is 0 Å². The van der Waals surface area contributed by atoms with E-state index in [2.05, 4.69) is 18.6 Å².